The van der Waals surface area contributed by atoms with E-state index in [-0.39, 0.29) is 11.4 Å². The van der Waals surface area contributed by atoms with Gasteiger partial charge in [0.15, 0.2) is 0 Å². The summed E-state index contributed by atoms with van der Waals surface area (Å²) in [7, 11) is 0. The molecule has 3 N–H and O–H groups in total. The van der Waals surface area contributed by atoms with Crippen LogP contribution in [0.2, 0.25) is 5.02 Å². The molecule has 0 unspecified atom stereocenters. The van der Waals surface area contributed by atoms with Crippen LogP contribution < -0.4 is 11.3 Å². The zero-order valence-corrected chi connectivity index (χ0v) is 11.0. The van der Waals surface area contributed by atoms with Crippen LogP contribution in [0.3, 0.4) is 0 Å². The van der Waals surface area contributed by atoms with E-state index in [4.69, 9.17) is 21.9 Å². The fourth-order valence-corrected chi connectivity index (χ4v) is 2.21. The number of aromatic amines is 1. The smallest absolute Gasteiger partial charge is 0.247 e. The molecule has 1 aromatic carbocycles. The first-order valence-electron chi connectivity index (χ1n) is 5.86. The first kappa shape index (κ1) is 12.5. The van der Waals surface area contributed by atoms with Crippen LogP contribution in [-0.4, -0.2) is 10.1 Å². The van der Waals surface area contributed by atoms with Crippen LogP contribution in [0.5, 0.6) is 0 Å². The fraction of sp³-hybridized carbons (Fsp3) is 0. The second kappa shape index (κ2) is 4.86. The van der Waals surface area contributed by atoms with Crippen LogP contribution in [0.25, 0.3) is 22.4 Å². The number of nitrogens with two attached hydrogens (primary N) is 1. The van der Waals surface area contributed by atoms with E-state index in [1.165, 1.54) is 6.07 Å². The number of pyridine rings is 1. The summed E-state index contributed by atoms with van der Waals surface area (Å²) in [5, 5.41) is 4.50. The normalized spacial score (nSPS) is 10.7. The summed E-state index contributed by atoms with van der Waals surface area (Å²) in [6.07, 6.45) is 1.56. The molecule has 2 heterocycles. The topological polar surface area (TPSA) is 84.9 Å². The third-order valence-corrected chi connectivity index (χ3v) is 3.25. The molecule has 0 spiro atoms. The number of nitrogens with one attached hydrogen (secondary N) is 1. The van der Waals surface area contributed by atoms with E-state index < -0.39 is 0 Å². The molecule has 100 valence electrons. The van der Waals surface area contributed by atoms with Crippen molar-refractivity contribution in [1.29, 1.82) is 0 Å². The summed E-state index contributed by atoms with van der Waals surface area (Å²) in [5.74, 6) is 0.180. The minimum atomic E-state index is -0.190. The predicted octanol–water partition coefficient (Wildman–Crippen LogP) is 2.93. The van der Waals surface area contributed by atoms with Gasteiger partial charge in [-0.15, -0.1) is 0 Å². The zero-order valence-electron chi connectivity index (χ0n) is 10.3. The highest BCUT2D eigenvalue weighted by molar-refractivity contribution is 6.33. The molecule has 20 heavy (non-hydrogen) atoms. The van der Waals surface area contributed by atoms with E-state index in [1.807, 2.05) is 18.2 Å². The molecule has 0 aliphatic heterocycles. The summed E-state index contributed by atoms with van der Waals surface area (Å²) in [6.45, 7) is 0. The van der Waals surface area contributed by atoms with Gasteiger partial charge in [0.2, 0.25) is 11.4 Å². The number of H-pyrrole nitrogens is 1. The molecular weight excluding hydrogens is 278 g/mol. The van der Waals surface area contributed by atoms with Crippen LogP contribution in [0.1, 0.15) is 0 Å². The van der Waals surface area contributed by atoms with Crippen molar-refractivity contribution in [3.63, 3.8) is 0 Å². The second-order valence-corrected chi connectivity index (χ2v) is 4.60. The lowest BCUT2D eigenvalue weighted by molar-refractivity contribution is 0.439. The third-order valence-electron chi connectivity index (χ3n) is 2.92. The third kappa shape index (κ3) is 2.08. The highest BCUT2D eigenvalue weighted by Crippen LogP contribution is 2.38. The van der Waals surface area contributed by atoms with Crippen molar-refractivity contribution in [2.75, 3.05) is 5.73 Å². The number of hydrogen-bond acceptors (Lipinski definition) is 4. The van der Waals surface area contributed by atoms with E-state index in [2.05, 4.69) is 10.1 Å². The largest absolute Gasteiger partial charge is 0.367 e. The van der Waals surface area contributed by atoms with E-state index in [0.29, 0.717) is 21.8 Å². The SMILES string of the molecule is Nc1onc(-c2ccc(=O)[nH]c2)c1-c1ccccc1Cl. The van der Waals surface area contributed by atoms with E-state index in [9.17, 15) is 4.79 Å². The number of hydrogen-bond donors (Lipinski definition) is 2. The Morgan fingerprint density at radius 1 is 1.20 bits per heavy atom. The minimum Gasteiger partial charge on any atom is -0.367 e. The van der Waals surface area contributed by atoms with Crippen LogP contribution >= 0.6 is 11.6 Å². The molecular formula is C14H10ClN3O2. The summed E-state index contributed by atoms with van der Waals surface area (Å²) in [5.41, 5.74) is 8.23. The minimum absolute atomic E-state index is 0.180. The molecule has 0 atom stereocenters. The molecule has 0 amide bonds. The maximum absolute atomic E-state index is 11.1. The Kier molecular flexibility index (Phi) is 3.04. The van der Waals surface area contributed by atoms with Crippen molar-refractivity contribution in [3.8, 4) is 22.4 Å². The maximum atomic E-state index is 11.1. The molecule has 3 rings (SSSR count). The van der Waals surface area contributed by atoms with Gasteiger partial charge in [0.1, 0.15) is 5.69 Å². The monoisotopic (exact) mass is 287 g/mol. The highest BCUT2D eigenvalue weighted by atomic mass is 35.5. The van der Waals surface area contributed by atoms with Gasteiger partial charge in [-0.1, -0.05) is 35.0 Å². The molecule has 5 nitrogen and oxygen atoms in total. The number of rotatable bonds is 2. The second-order valence-electron chi connectivity index (χ2n) is 4.19. The summed E-state index contributed by atoms with van der Waals surface area (Å²) < 4.78 is 5.07. The van der Waals surface area contributed by atoms with Crippen molar-refractivity contribution in [3.05, 3.63) is 58.0 Å². The number of anilines is 1. The summed E-state index contributed by atoms with van der Waals surface area (Å²) in [4.78, 5) is 13.7. The number of aromatic nitrogens is 2. The average molecular weight is 288 g/mol. The number of halogens is 1. The van der Waals surface area contributed by atoms with Crippen molar-refractivity contribution in [1.82, 2.24) is 10.1 Å². The van der Waals surface area contributed by atoms with Crippen LogP contribution in [0, 0.1) is 0 Å². The van der Waals surface area contributed by atoms with Crippen molar-refractivity contribution in [2.45, 2.75) is 0 Å². The van der Waals surface area contributed by atoms with Gasteiger partial charge in [-0.2, -0.15) is 0 Å². The van der Waals surface area contributed by atoms with Gasteiger partial charge in [-0.3, -0.25) is 4.79 Å². The Labute approximate surface area is 119 Å². The Morgan fingerprint density at radius 2 is 2.00 bits per heavy atom. The predicted molar refractivity (Wildman–Crippen MR) is 77.4 cm³/mol. The van der Waals surface area contributed by atoms with Gasteiger partial charge < -0.3 is 15.2 Å². The van der Waals surface area contributed by atoms with Gasteiger partial charge in [0, 0.05) is 28.4 Å². The van der Waals surface area contributed by atoms with E-state index >= 15 is 0 Å². The summed E-state index contributed by atoms with van der Waals surface area (Å²) in [6, 6.07) is 10.3. The fourth-order valence-electron chi connectivity index (χ4n) is 1.98. The quantitative estimate of drug-likeness (QED) is 0.759. The number of nitrogens with zero attached hydrogens (tertiary/aromatic N) is 1. The van der Waals surface area contributed by atoms with Gasteiger partial charge in [0.05, 0.1) is 5.56 Å². The zero-order chi connectivity index (χ0) is 14.1. The van der Waals surface area contributed by atoms with Crippen molar-refractivity contribution in [2.24, 2.45) is 0 Å². The molecule has 0 aliphatic rings. The van der Waals surface area contributed by atoms with E-state index in [1.54, 1.807) is 18.3 Å². The average Bonchev–Trinajstić information content (AvgIpc) is 2.82. The lowest BCUT2D eigenvalue weighted by Gasteiger charge is -2.04. The Bertz CT molecular complexity index is 803. The molecule has 0 saturated heterocycles. The van der Waals surface area contributed by atoms with Gasteiger partial charge >= 0.3 is 0 Å². The lowest BCUT2D eigenvalue weighted by atomic mass is 10.0. The standard InChI is InChI=1S/C14H10ClN3O2/c15-10-4-2-1-3-9(10)12-13(18-20-14(12)16)8-5-6-11(19)17-7-8/h1-7H,16H2,(H,17,19). The number of nitrogen functional groups attached to an aromatic ring is 1. The van der Waals surface area contributed by atoms with Gasteiger partial charge in [0.25, 0.3) is 0 Å². The molecule has 2 aromatic heterocycles. The van der Waals surface area contributed by atoms with Crippen LogP contribution in [0.15, 0.2) is 51.9 Å². The maximum Gasteiger partial charge on any atom is 0.247 e. The molecule has 0 radical (unpaired) electrons. The Balaban J connectivity index is 2.23. The van der Waals surface area contributed by atoms with Crippen molar-refractivity contribution < 1.29 is 4.52 Å². The van der Waals surface area contributed by atoms with Crippen LogP contribution in [-0.2, 0) is 0 Å². The highest BCUT2D eigenvalue weighted by Gasteiger charge is 2.19. The molecule has 3 aromatic rings. The van der Waals surface area contributed by atoms with Gasteiger partial charge in [-0.05, 0) is 12.1 Å². The van der Waals surface area contributed by atoms with Crippen LogP contribution in [0.4, 0.5) is 5.88 Å². The molecule has 6 heteroatoms. The Hall–Kier alpha value is -2.53. The Morgan fingerprint density at radius 3 is 2.70 bits per heavy atom. The number of benzene rings is 1. The van der Waals surface area contributed by atoms with Gasteiger partial charge in [-0.25, -0.2) is 0 Å². The molecule has 0 saturated carbocycles. The first-order valence-corrected chi connectivity index (χ1v) is 6.24. The lowest BCUT2D eigenvalue weighted by Crippen LogP contribution is -2.01. The first-order chi connectivity index (χ1) is 9.66. The molecule has 0 fully saturated rings. The molecule has 0 bridgehead atoms. The van der Waals surface area contributed by atoms with E-state index in [0.717, 1.165) is 5.56 Å². The van der Waals surface area contributed by atoms with Crippen molar-refractivity contribution >= 4 is 17.5 Å². The summed E-state index contributed by atoms with van der Waals surface area (Å²) >= 11 is 6.19. The molecule has 0 aliphatic carbocycles.